The number of aromatic nitrogens is 2. The number of nitrogen functional groups attached to an aromatic ring is 1. The molecule has 1 heterocycles. The molecule has 2 atom stereocenters. The second kappa shape index (κ2) is 4.30. The predicted molar refractivity (Wildman–Crippen MR) is 75.4 cm³/mol. The molecule has 1 aromatic carbocycles. The van der Waals surface area contributed by atoms with E-state index in [0.717, 1.165) is 23.9 Å². The van der Waals surface area contributed by atoms with Crippen LogP contribution in [0.25, 0.3) is 11.0 Å². The molecule has 0 aliphatic heterocycles. The molecule has 3 nitrogen and oxygen atoms in total. The van der Waals surface area contributed by atoms with Gasteiger partial charge in [-0.1, -0.05) is 19.4 Å². The molecule has 1 aliphatic carbocycles. The second-order valence-corrected chi connectivity index (χ2v) is 5.86. The van der Waals surface area contributed by atoms with Crippen LogP contribution < -0.4 is 5.73 Å². The van der Waals surface area contributed by atoms with Crippen molar-refractivity contribution in [2.75, 3.05) is 5.73 Å². The Morgan fingerprint density at radius 1 is 1.39 bits per heavy atom. The molecule has 1 aliphatic rings. The summed E-state index contributed by atoms with van der Waals surface area (Å²) in [7, 11) is 0. The lowest BCUT2D eigenvalue weighted by atomic mass is 10.1. The van der Waals surface area contributed by atoms with Crippen LogP contribution in [-0.4, -0.2) is 9.55 Å². The summed E-state index contributed by atoms with van der Waals surface area (Å²) in [6.07, 6.45) is 4.01. The third-order valence-electron chi connectivity index (χ3n) is 4.18. The van der Waals surface area contributed by atoms with Crippen molar-refractivity contribution in [3.8, 4) is 0 Å². The molecule has 0 spiro atoms. The first-order valence-electron chi connectivity index (χ1n) is 6.86. The molecule has 2 unspecified atom stereocenters. The normalized spacial score (nSPS) is 23.9. The van der Waals surface area contributed by atoms with Crippen LogP contribution in [0.4, 0.5) is 5.95 Å². The Labute approximate surface area is 108 Å². The van der Waals surface area contributed by atoms with Gasteiger partial charge in [0.15, 0.2) is 0 Å². The van der Waals surface area contributed by atoms with Crippen LogP contribution in [0.2, 0.25) is 0 Å². The first-order chi connectivity index (χ1) is 8.63. The van der Waals surface area contributed by atoms with Crippen molar-refractivity contribution in [2.24, 2.45) is 11.8 Å². The number of fused-ring (bicyclic) bond motifs is 1. The van der Waals surface area contributed by atoms with Gasteiger partial charge in [0, 0.05) is 6.54 Å². The number of imidazole rings is 1. The van der Waals surface area contributed by atoms with Crippen molar-refractivity contribution in [1.29, 1.82) is 0 Å². The highest BCUT2D eigenvalue weighted by Crippen LogP contribution is 2.33. The van der Waals surface area contributed by atoms with E-state index in [9.17, 15) is 0 Å². The summed E-state index contributed by atoms with van der Waals surface area (Å²) in [5.41, 5.74) is 9.51. The number of anilines is 1. The van der Waals surface area contributed by atoms with Gasteiger partial charge in [-0.15, -0.1) is 0 Å². The van der Waals surface area contributed by atoms with Crippen molar-refractivity contribution in [2.45, 2.75) is 39.7 Å². The van der Waals surface area contributed by atoms with Gasteiger partial charge in [-0.05, 0) is 49.3 Å². The summed E-state index contributed by atoms with van der Waals surface area (Å²) in [6, 6.07) is 6.39. The van der Waals surface area contributed by atoms with Crippen LogP contribution in [-0.2, 0) is 6.54 Å². The van der Waals surface area contributed by atoms with E-state index in [2.05, 4.69) is 41.6 Å². The van der Waals surface area contributed by atoms with Gasteiger partial charge in [-0.2, -0.15) is 0 Å². The summed E-state index contributed by atoms with van der Waals surface area (Å²) in [5.74, 6) is 2.30. The van der Waals surface area contributed by atoms with Crippen LogP contribution in [0.1, 0.15) is 31.7 Å². The number of hydrogen-bond donors (Lipinski definition) is 1. The minimum Gasteiger partial charge on any atom is -0.369 e. The summed E-state index contributed by atoms with van der Waals surface area (Å²) in [6.45, 7) is 5.46. The van der Waals surface area contributed by atoms with Gasteiger partial charge < -0.3 is 10.3 Å². The van der Waals surface area contributed by atoms with E-state index in [-0.39, 0.29) is 0 Å². The maximum atomic E-state index is 6.07. The van der Waals surface area contributed by atoms with E-state index in [0.29, 0.717) is 5.95 Å². The lowest BCUT2D eigenvalue weighted by Crippen LogP contribution is -2.10. The third-order valence-corrected chi connectivity index (χ3v) is 4.18. The van der Waals surface area contributed by atoms with Crippen LogP contribution in [0.5, 0.6) is 0 Å². The van der Waals surface area contributed by atoms with Gasteiger partial charge in [-0.25, -0.2) is 4.98 Å². The van der Waals surface area contributed by atoms with Crippen molar-refractivity contribution in [1.82, 2.24) is 9.55 Å². The standard InChI is InChI=1S/C15H21N3/c1-10-3-5-12(7-10)9-18-14-6-4-11(2)8-13(14)17-15(18)16/h4,6,8,10,12H,3,5,7,9H2,1-2H3,(H2,16,17). The largest absolute Gasteiger partial charge is 0.369 e. The van der Waals surface area contributed by atoms with E-state index in [1.54, 1.807) is 0 Å². The lowest BCUT2D eigenvalue weighted by Gasteiger charge is -2.12. The summed E-state index contributed by atoms with van der Waals surface area (Å²) in [4.78, 5) is 4.48. The highest BCUT2D eigenvalue weighted by atomic mass is 15.2. The number of hydrogen-bond acceptors (Lipinski definition) is 2. The molecule has 0 amide bonds. The summed E-state index contributed by atoms with van der Waals surface area (Å²) >= 11 is 0. The van der Waals surface area contributed by atoms with Gasteiger partial charge in [0.2, 0.25) is 5.95 Å². The smallest absolute Gasteiger partial charge is 0.201 e. The minimum atomic E-state index is 0.662. The summed E-state index contributed by atoms with van der Waals surface area (Å²) < 4.78 is 2.19. The zero-order chi connectivity index (χ0) is 12.7. The fourth-order valence-corrected chi connectivity index (χ4v) is 3.20. The molecule has 3 rings (SSSR count). The number of benzene rings is 1. The first-order valence-corrected chi connectivity index (χ1v) is 6.86. The first kappa shape index (κ1) is 11.6. The van der Waals surface area contributed by atoms with E-state index in [4.69, 9.17) is 5.73 Å². The zero-order valence-corrected chi connectivity index (χ0v) is 11.2. The molecule has 3 heteroatoms. The molecule has 0 radical (unpaired) electrons. The Morgan fingerprint density at radius 2 is 2.22 bits per heavy atom. The quantitative estimate of drug-likeness (QED) is 0.879. The Balaban J connectivity index is 1.93. The van der Waals surface area contributed by atoms with Crippen molar-refractivity contribution < 1.29 is 0 Å². The van der Waals surface area contributed by atoms with Gasteiger partial charge in [-0.3, -0.25) is 0 Å². The molecule has 1 saturated carbocycles. The maximum Gasteiger partial charge on any atom is 0.201 e. The Morgan fingerprint density at radius 3 is 2.94 bits per heavy atom. The average molecular weight is 243 g/mol. The second-order valence-electron chi connectivity index (χ2n) is 5.86. The molecule has 2 aromatic rings. The van der Waals surface area contributed by atoms with Crippen LogP contribution in [0.3, 0.4) is 0 Å². The highest BCUT2D eigenvalue weighted by Gasteiger charge is 2.23. The topological polar surface area (TPSA) is 43.8 Å². The van der Waals surface area contributed by atoms with Gasteiger partial charge >= 0.3 is 0 Å². The van der Waals surface area contributed by atoms with Crippen LogP contribution >= 0.6 is 0 Å². The molecular weight excluding hydrogens is 222 g/mol. The highest BCUT2D eigenvalue weighted by molar-refractivity contribution is 5.79. The molecule has 2 N–H and O–H groups in total. The monoisotopic (exact) mass is 243 g/mol. The number of nitrogens with two attached hydrogens (primary N) is 1. The SMILES string of the molecule is Cc1ccc2c(c1)nc(N)n2CC1CCC(C)C1. The fourth-order valence-electron chi connectivity index (χ4n) is 3.20. The van der Waals surface area contributed by atoms with E-state index >= 15 is 0 Å². The van der Waals surface area contributed by atoms with Crippen LogP contribution in [0, 0.1) is 18.8 Å². The number of aryl methyl sites for hydroxylation is 1. The van der Waals surface area contributed by atoms with Crippen molar-refractivity contribution in [3.05, 3.63) is 23.8 Å². The Kier molecular flexibility index (Phi) is 2.77. The number of nitrogens with zero attached hydrogens (tertiary/aromatic N) is 2. The molecule has 1 fully saturated rings. The zero-order valence-electron chi connectivity index (χ0n) is 11.2. The van der Waals surface area contributed by atoms with Gasteiger partial charge in [0.25, 0.3) is 0 Å². The van der Waals surface area contributed by atoms with Gasteiger partial charge in [0.05, 0.1) is 11.0 Å². The molecule has 0 saturated heterocycles. The Bertz CT molecular complexity index is 570. The van der Waals surface area contributed by atoms with Crippen LogP contribution in [0.15, 0.2) is 18.2 Å². The lowest BCUT2D eigenvalue weighted by molar-refractivity contribution is 0.450. The predicted octanol–water partition coefficient (Wildman–Crippen LogP) is 3.36. The van der Waals surface area contributed by atoms with E-state index in [1.807, 2.05) is 0 Å². The molecule has 18 heavy (non-hydrogen) atoms. The fraction of sp³-hybridized carbons (Fsp3) is 0.533. The molecule has 0 bridgehead atoms. The van der Waals surface area contributed by atoms with E-state index < -0.39 is 0 Å². The van der Waals surface area contributed by atoms with Crippen molar-refractivity contribution >= 4 is 17.0 Å². The molecule has 96 valence electrons. The number of rotatable bonds is 2. The molecular formula is C15H21N3. The minimum absolute atomic E-state index is 0.662. The maximum absolute atomic E-state index is 6.07. The molecule has 1 aromatic heterocycles. The Hall–Kier alpha value is -1.51. The third kappa shape index (κ3) is 1.98. The average Bonchev–Trinajstić information content (AvgIpc) is 2.84. The summed E-state index contributed by atoms with van der Waals surface area (Å²) in [5, 5.41) is 0. The van der Waals surface area contributed by atoms with Gasteiger partial charge in [0.1, 0.15) is 0 Å². The van der Waals surface area contributed by atoms with E-state index in [1.165, 1.54) is 30.3 Å². The van der Waals surface area contributed by atoms with Crippen molar-refractivity contribution in [3.63, 3.8) is 0 Å².